The smallest absolute Gasteiger partial charge is 0.272 e. The number of benzene rings is 4. The SMILES string of the molecule is COc1cccc(/C=C(\NC(=O)c2ccccc2)C(=O)Nc2cccc(SC(C)C(=O)Nc3ccc(C)c(Cl)c3)c2)c1. The van der Waals surface area contributed by atoms with Crippen LogP contribution in [0.5, 0.6) is 5.75 Å². The number of carbonyl (C=O) groups excluding carboxylic acids is 3. The second-order valence-corrected chi connectivity index (χ2v) is 11.2. The van der Waals surface area contributed by atoms with E-state index < -0.39 is 17.1 Å². The molecule has 3 amide bonds. The van der Waals surface area contributed by atoms with Crippen molar-refractivity contribution in [1.82, 2.24) is 5.32 Å². The Morgan fingerprint density at radius 1 is 0.857 bits per heavy atom. The normalized spacial score (nSPS) is 11.8. The summed E-state index contributed by atoms with van der Waals surface area (Å²) in [5, 5.41) is 8.63. The van der Waals surface area contributed by atoms with Crippen molar-refractivity contribution in [3.8, 4) is 5.75 Å². The van der Waals surface area contributed by atoms with Crippen molar-refractivity contribution in [3.63, 3.8) is 0 Å². The van der Waals surface area contributed by atoms with Crippen molar-refractivity contribution in [2.45, 2.75) is 24.0 Å². The molecule has 1 atom stereocenters. The molecular formula is C33H30ClN3O4S. The van der Waals surface area contributed by atoms with Gasteiger partial charge < -0.3 is 20.7 Å². The number of carbonyl (C=O) groups is 3. The van der Waals surface area contributed by atoms with Gasteiger partial charge in [-0.15, -0.1) is 11.8 Å². The Kier molecular flexibility index (Phi) is 10.4. The van der Waals surface area contributed by atoms with Gasteiger partial charge in [-0.3, -0.25) is 14.4 Å². The fourth-order valence-electron chi connectivity index (χ4n) is 3.86. The second-order valence-electron chi connectivity index (χ2n) is 9.35. The summed E-state index contributed by atoms with van der Waals surface area (Å²) in [6.45, 7) is 3.70. The molecule has 4 rings (SSSR count). The van der Waals surface area contributed by atoms with Crippen molar-refractivity contribution in [3.05, 3.63) is 124 Å². The van der Waals surface area contributed by atoms with E-state index >= 15 is 0 Å². The minimum absolute atomic E-state index is 0.0552. The Labute approximate surface area is 254 Å². The van der Waals surface area contributed by atoms with E-state index in [-0.39, 0.29) is 11.6 Å². The quantitative estimate of drug-likeness (QED) is 0.132. The molecule has 7 nitrogen and oxygen atoms in total. The van der Waals surface area contributed by atoms with Crippen LogP contribution in [0.1, 0.15) is 28.4 Å². The number of thioether (sulfide) groups is 1. The molecule has 0 bridgehead atoms. The van der Waals surface area contributed by atoms with E-state index in [2.05, 4.69) is 16.0 Å². The Morgan fingerprint density at radius 3 is 2.33 bits per heavy atom. The largest absolute Gasteiger partial charge is 0.497 e. The number of ether oxygens (including phenoxy) is 1. The molecule has 3 N–H and O–H groups in total. The lowest BCUT2D eigenvalue weighted by molar-refractivity contribution is -0.115. The fourth-order valence-corrected chi connectivity index (χ4v) is 4.97. The molecule has 0 spiro atoms. The summed E-state index contributed by atoms with van der Waals surface area (Å²) in [5.41, 5.74) is 3.20. The summed E-state index contributed by atoms with van der Waals surface area (Å²) in [7, 11) is 1.56. The van der Waals surface area contributed by atoms with Crippen LogP contribution in [0.25, 0.3) is 6.08 Å². The maximum absolute atomic E-state index is 13.4. The van der Waals surface area contributed by atoms with Gasteiger partial charge in [0.05, 0.1) is 12.4 Å². The first-order valence-corrected chi connectivity index (χ1v) is 14.3. The van der Waals surface area contributed by atoms with Crippen molar-refractivity contribution >= 4 is 58.5 Å². The Hall–Kier alpha value is -4.53. The first kappa shape index (κ1) is 30.4. The van der Waals surface area contributed by atoms with Gasteiger partial charge in [-0.05, 0) is 85.6 Å². The molecule has 0 saturated carbocycles. The lowest BCUT2D eigenvalue weighted by Crippen LogP contribution is -2.30. The van der Waals surface area contributed by atoms with E-state index in [1.54, 1.807) is 99.0 Å². The van der Waals surface area contributed by atoms with Crippen LogP contribution in [0.4, 0.5) is 11.4 Å². The molecule has 9 heteroatoms. The van der Waals surface area contributed by atoms with E-state index in [1.165, 1.54) is 11.8 Å². The number of nitrogens with one attached hydrogen (secondary N) is 3. The number of rotatable bonds is 10. The topological polar surface area (TPSA) is 96.5 Å². The third kappa shape index (κ3) is 8.49. The number of hydrogen-bond donors (Lipinski definition) is 3. The highest BCUT2D eigenvalue weighted by atomic mass is 35.5. The molecule has 1 unspecified atom stereocenters. The summed E-state index contributed by atoms with van der Waals surface area (Å²) < 4.78 is 5.29. The van der Waals surface area contributed by atoms with Gasteiger partial charge in [0.1, 0.15) is 11.4 Å². The van der Waals surface area contributed by atoms with Crippen LogP contribution in [0.2, 0.25) is 5.02 Å². The number of amides is 3. The summed E-state index contributed by atoms with van der Waals surface area (Å²) in [5.74, 6) is -0.488. The first-order chi connectivity index (χ1) is 20.2. The van der Waals surface area contributed by atoms with Crippen molar-refractivity contribution in [2.24, 2.45) is 0 Å². The maximum Gasteiger partial charge on any atom is 0.272 e. The van der Waals surface area contributed by atoms with Crippen LogP contribution >= 0.6 is 23.4 Å². The Balaban J connectivity index is 1.49. The molecule has 0 aliphatic carbocycles. The van der Waals surface area contributed by atoms with Gasteiger partial charge in [0, 0.05) is 26.9 Å². The van der Waals surface area contributed by atoms with E-state index in [0.717, 1.165) is 10.5 Å². The van der Waals surface area contributed by atoms with Gasteiger partial charge in [-0.25, -0.2) is 0 Å². The average Bonchev–Trinajstić information content (AvgIpc) is 2.99. The zero-order valence-electron chi connectivity index (χ0n) is 23.3. The van der Waals surface area contributed by atoms with Crippen LogP contribution < -0.4 is 20.7 Å². The summed E-state index contributed by atoms with van der Waals surface area (Å²) >= 11 is 7.53. The molecular weight excluding hydrogens is 570 g/mol. The van der Waals surface area contributed by atoms with Gasteiger partial charge in [0.25, 0.3) is 11.8 Å². The van der Waals surface area contributed by atoms with E-state index in [0.29, 0.717) is 33.3 Å². The standard InChI is InChI=1S/C33H30ClN3O4S/c1-21-15-16-26(20-29(21)34)35-31(38)22(2)42-28-14-8-12-25(19-28)36-33(40)30(18-23-9-7-13-27(17-23)41-3)37-32(39)24-10-5-4-6-11-24/h4-20,22H,1-3H3,(H,35,38)(H,36,40)(H,37,39)/b30-18-. The summed E-state index contributed by atoms with van der Waals surface area (Å²) in [6.07, 6.45) is 1.58. The number of methoxy groups -OCH3 is 1. The molecule has 214 valence electrons. The van der Waals surface area contributed by atoms with Gasteiger partial charge in [-0.1, -0.05) is 54.1 Å². The third-order valence-corrected chi connectivity index (χ3v) is 7.65. The Bertz CT molecular complexity index is 1620. The predicted octanol–water partition coefficient (Wildman–Crippen LogP) is 7.19. The monoisotopic (exact) mass is 599 g/mol. The number of anilines is 2. The van der Waals surface area contributed by atoms with Gasteiger partial charge in [-0.2, -0.15) is 0 Å². The molecule has 0 aliphatic heterocycles. The average molecular weight is 600 g/mol. The predicted molar refractivity (Wildman–Crippen MR) is 170 cm³/mol. The van der Waals surface area contributed by atoms with E-state index in [4.69, 9.17) is 16.3 Å². The highest BCUT2D eigenvalue weighted by Crippen LogP contribution is 2.28. The minimum atomic E-state index is -0.508. The maximum atomic E-state index is 13.4. The molecule has 0 heterocycles. The zero-order valence-corrected chi connectivity index (χ0v) is 24.9. The van der Waals surface area contributed by atoms with E-state index in [1.807, 2.05) is 25.1 Å². The lowest BCUT2D eigenvalue weighted by Gasteiger charge is -2.14. The molecule has 0 fully saturated rings. The molecule has 42 heavy (non-hydrogen) atoms. The van der Waals surface area contributed by atoms with Crippen molar-refractivity contribution in [1.29, 1.82) is 0 Å². The lowest BCUT2D eigenvalue weighted by atomic mass is 10.1. The highest BCUT2D eigenvalue weighted by Gasteiger charge is 2.18. The van der Waals surface area contributed by atoms with Crippen LogP contribution in [0.15, 0.2) is 108 Å². The summed E-state index contributed by atoms with van der Waals surface area (Å²) in [4.78, 5) is 39.9. The third-order valence-electron chi connectivity index (χ3n) is 6.15. The molecule has 4 aromatic carbocycles. The van der Waals surface area contributed by atoms with Crippen LogP contribution in [-0.2, 0) is 9.59 Å². The fraction of sp³-hybridized carbons (Fsp3) is 0.121. The number of hydrogen-bond acceptors (Lipinski definition) is 5. The van der Waals surface area contributed by atoms with Crippen molar-refractivity contribution in [2.75, 3.05) is 17.7 Å². The molecule has 0 aliphatic rings. The van der Waals surface area contributed by atoms with Crippen molar-refractivity contribution < 1.29 is 19.1 Å². The van der Waals surface area contributed by atoms with Gasteiger partial charge in [0.2, 0.25) is 5.91 Å². The van der Waals surface area contributed by atoms with Crippen LogP contribution in [0, 0.1) is 6.92 Å². The highest BCUT2D eigenvalue weighted by molar-refractivity contribution is 8.00. The number of aryl methyl sites for hydroxylation is 1. The Morgan fingerprint density at radius 2 is 1.60 bits per heavy atom. The molecule has 0 radical (unpaired) electrons. The second kappa shape index (κ2) is 14.4. The minimum Gasteiger partial charge on any atom is -0.497 e. The summed E-state index contributed by atoms with van der Waals surface area (Å²) in [6, 6.07) is 28.3. The zero-order chi connectivity index (χ0) is 30.1. The van der Waals surface area contributed by atoms with Gasteiger partial charge in [0.15, 0.2) is 0 Å². The number of halogens is 1. The van der Waals surface area contributed by atoms with Gasteiger partial charge >= 0.3 is 0 Å². The first-order valence-electron chi connectivity index (χ1n) is 13.1. The van der Waals surface area contributed by atoms with Crippen LogP contribution in [0.3, 0.4) is 0 Å². The molecule has 4 aromatic rings. The molecule has 0 aromatic heterocycles. The van der Waals surface area contributed by atoms with E-state index in [9.17, 15) is 14.4 Å². The molecule has 0 saturated heterocycles. The van der Waals surface area contributed by atoms with Crippen LogP contribution in [-0.4, -0.2) is 30.1 Å².